The normalized spacial score (nSPS) is 18.3. The van der Waals surface area contributed by atoms with Crippen molar-refractivity contribution in [3.05, 3.63) is 33.8 Å². The van der Waals surface area contributed by atoms with Crippen LogP contribution < -0.4 is 5.32 Å². The summed E-state index contributed by atoms with van der Waals surface area (Å²) in [6, 6.07) is 5.44. The quantitative estimate of drug-likeness (QED) is 0.914. The standard InChI is InChI=1S/C15H19Cl2NO/c1-2-15(5-7-18-8-6-15)14(19)10-11-3-4-12(16)13(17)9-11/h3-4,9,18H,2,5-8,10H2,1H3. The van der Waals surface area contributed by atoms with Gasteiger partial charge in [0.1, 0.15) is 5.78 Å². The summed E-state index contributed by atoms with van der Waals surface area (Å²) >= 11 is 11.9. The summed E-state index contributed by atoms with van der Waals surface area (Å²) < 4.78 is 0. The van der Waals surface area contributed by atoms with E-state index < -0.39 is 0 Å². The van der Waals surface area contributed by atoms with Gasteiger partial charge in [-0.2, -0.15) is 0 Å². The Kier molecular flexibility index (Phi) is 4.88. The molecule has 19 heavy (non-hydrogen) atoms. The molecule has 2 rings (SSSR count). The molecular formula is C15H19Cl2NO. The van der Waals surface area contributed by atoms with Gasteiger partial charge in [0.25, 0.3) is 0 Å². The fourth-order valence-corrected chi connectivity index (χ4v) is 3.08. The van der Waals surface area contributed by atoms with Crippen LogP contribution in [-0.2, 0) is 11.2 Å². The van der Waals surface area contributed by atoms with Crippen LogP contribution in [0.5, 0.6) is 0 Å². The van der Waals surface area contributed by atoms with Gasteiger partial charge in [-0.25, -0.2) is 0 Å². The molecule has 1 aromatic carbocycles. The second-order valence-electron chi connectivity index (χ2n) is 5.23. The molecule has 0 radical (unpaired) electrons. The molecule has 1 aromatic rings. The van der Waals surface area contributed by atoms with E-state index in [0.29, 0.717) is 22.2 Å². The van der Waals surface area contributed by atoms with Crippen LogP contribution in [-0.4, -0.2) is 18.9 Å². The monoisotopic (exact) mass is 299 g/mol. The molecule has 0 aliphatic carbocycles. The number of carbonyl (C=O) groups excluding carboxylic acids is 1. The van der Waals surface area contributed by atoms with Crippen LogP contribution in [0, 0.1) is 5.41 Å². The van der Waals surface area contributed by atoms with Gasteiger partial charge in [0, 0.05) is 11.8 Å². The van der Waals surface area contributed by atoms with Gasteiger partial charge < -0.3 is 5.32 Å². The molecule has 0 amide bonds. The molecule has 0 saturated carbocycles. The second-order valence-corrected chi connectivity index (χ2v) is 6.05. The van der Waals surface area contributed by atoms with Crippen LogP contribution in [0.2, 0.25) is 10.0 Å². The Morgan fingerprint density at radius 3 is 2.53 bits per heavy atom. The molecule has 1 saturated heterocycles. The maximum Gasteiger partial charge on any atom is 0.143 e. The van der Waals surface area contributed by atoms with Crippen molar-refractivity contribution in [2.45, 2.75) is 32.6 Å². The molecule has 0 aromatic heterocycles. The number of benzene rings is 1. The molecule has 0 unspecified atom stereocenters. The number of rotatable bonds is 4. The highest BCUT2D eigenvalue weighted by molar-refractivity contribution is 6.42. The van der Waals surface area contributed by atoms with Gasteiger partial charge in [0.15, 0.2) is 0 Å². The maximum atomic E-state index is 12.6. The summed E-state index contributed by atoms with van der Waals surface area (Å²) in [4.78, 5) is 12.6. The Labute approximate surface area is 124 Å². The molecule has 2 nitrogen and oxygen atoms in total. The topological polar surface area (TPSA) is 29.1 Å². The minimum atomic E-state index is -0.155. The van der Waals surface area contributed by atoms with E-state index in [9.17, 15) is 4.79 Å². The van der Waals surface area contributed by atoms with Crippen molar-refractivity contribution in [1.29, 1.82) is 0 Å². The first-order valence-electron chi connectivity index (χ1n) is 6.75. The second kappa shape index (κ2) is 6.25. The van der Waals surface area contributed by atoms with Crippen molar-refractivity contribution in [2.75, 3.05) is 13.1 Å². The first-order valence-corrected chi connectivity index (χ1v) is 7.51. The number of Topliss-reactive ketones (excluding diaryl/α,β-unsaturated/α-hetero) is 1. The number of hydrogen-bond donors (Lipinski definition) is 1. The van der Waals surface area contributed by atoms with E-state index in [4.69, 9.17) is 23.2 Å². The summed E-state index contributed by atoms with van der Waals surface area (Å²) in [6.45, 7) is 3.97. The first kappa shape index (κ1) is 14.8. The van der Waals surface area contributed by atoms with Crippen molar-refractivity contribution in [2.24, 2.45) is 5.41 Å². The van der Waals surface area contributed by atoms with Crippen LogP contribution >= 0.6 is 23.2 Å². The zero-order valence-corrected chi connectivity index (χ0v) is 12.7. The predicted molar refractivity (Wildman–Crippen MR) is 80.0 cm³/mol. The van der Waals surface area contributed by atoms with Crippen LogP contribution in [0.3, 0.4) is 0 Å². The van der Waals surface area contributed by atoms with E-state index in [-0.39, 0.29) is 5.41 Å². The van der Waals surface area contributed by atoms with Gasteiger partial charge in [-0.3, -0.25) is 4.79 Å². The molecule has 0 spiro atoms. The van der Waals surface area contributed by atoms with Crippen LogP contribution in [0.25, 0.3) is 0 Å². The lowest BCUT2D eigenvalue weighted by molar-refractivity contribution is -0.129. The largest absolute Gasteiger partial charge is 0.317 e. The number of ketones is 1. The minimum absolute atomic E-state index is 0.155. The number of hydrogen-bond acceptors (Lipinski definition) is 2. The zero-order valence-electron chi connectivity index (χ0n) is 11.1. The number of halogens is 2. The van der Waals surface area contributed by atoms with E-state index in [0.717, 1.165) is 37.9 Å². The van der Waals surface area contributed by atoms with Crippen molar-refractivity contribution in [3.8, 4) is 0 Å². The molecule has 0 bridgehead atoms. The lowest BCUT2D eigenvalue weighted by Gasteiger charge is -2.35. The third-order valence-corrected chi connectivity index (χ3v) is 4.92. The van der Waals surface area contributed by atoms with Crippen molar-refractivity contribution in [1.82, 2.24) is 5.32 Å². The Balaban J connectivity index is 2.12. The number of piperidine rings is 1. The minimum Gasteiger partial charge on any atom is -0.317 e. The summed E-state index contributed by atoms with van der Waals surface area (Å²) in [5.41, 5.74) is 0.794. The Morgan fingerprint density at radius 1 is 1.26 bits per heavy atom. The van der Waals surface area contributed by atoms with Crippen molar-refractivity contribution < 1.29 is 4.79 Å². The highest BCUT2D eigenvalue weighted by Gasteiger charge is 2.36. The summed E-state index contributed by atoms with van der Waals surface area (Å²) in [7, 11) is 0. The fraction of sp³-hybridized carbons (Fsp3) is 0.533. The molecular weight excluding hydrogens is 281 g/mol. The van der Waals surface area contributed by atoms with E-state index in [1.807, 2.05) is 6.07 Å². The molecule has 4 heteroatoms. The molecule has 1 fully saturated rings. The number of nitrogens with one attached hydrogen (secondary N) is 1. The SMILES string of the molecule is CCC1(C(=O)Cc2ccc(Cl)c(Cl)c2)CCNCC1. The Morgan fingerprint density at radius 2 is 1.95 bits per heavy atom. The molecule has 1 N–H and O–H groups in total. The maximum absolute atomic E-state index is 12.6. The van der Waals surface area contributed by atoms with E-state index in [2.05, 4.69) is 12.2 Å². The summed E-state index contributed by atoms with van der Waals surface area (Å²) in [6.07, 6.45) is 3.23. The third-order valence-electron chi connectivity index (χ3n) is 4.18. The molecule has 1 heterocycles. The number of carbonyl (C=O) groups is 1. The Bertz CT molecular complexity index is 467. The highest BCUT2D eigenvalue weighted by Crippen LogP contribution is 2.35. The van der Waals surface area contributed by atoms with E-state index in [1.165, 1.54) is 0 Å². The third kappa shape index (κ3) is 3.31. The molecule has 1 aliphatic heterocycles. The molecule has 1 aliphatic rings. The lowest BCUT2D eigenvalue weighted by atomic mass is 9.72. The summed E-state index contributed by atoms with van der Waals surface area (Å²) in [5, 5.41) is 4.37. The highest BCUT2D eigenvalue weighted by atomic mass is 35.5. The van der Waals surface area contributed by atoms with Crippen molar-refractivity contribution >= 4 is 29.0 Å². The van der Waals surface area contributed by atoms with Crippen LogP contribution in [0.1, 0.15) is 31.7 Å². The molecule has 0 atom stereocenters. The first-order chi connectivity index (χ1) is 9.07. The van der Waals surface area contributed by atoms with Gasteiger partial charge in [0.05, 0.1) is 10.0 Å². The Hall–Kier alpha value is -0.570. The van der Waals surface area contributed by atoms with Gasteiger partial charge in [-0.15, -0.1) is 0 Å². The zero-order chi connectivity index (χ0) is 13.9. The van der Waals surface area contributed by atoms with Gasteiger partial charge in [-0.05, 0) is 50.0 Å². The fourth-order valence-electron chi connectivity index (χ4n) is 2.76. The van der Waals surface area contributed by atoms with Crippen LogP contribution in [0.4, 0.5) is 0 Å². The molecule has 104 valence electrons. The average molecular weight is 300 g/mol. The van der Waals surface area contributed by atoms with Gasteiger partial charge in [0.2, 0.25) is 0 Å². The average Bonchev–Trinajstić information content (AvgIpc) is 2.43. The van der Waals surface area contributed by atoms with E-state index in [1.54, 1.807) is 12.1 Å². The van der Waals surface area contributed by atoms with Crippen LogP contribution in [0.15, 0.2) is 18.2 Å². The van der Waals surface area contributed by atoms with Crippen molar-refractivity contribution in [3.63, 3.8) is 0 Å². The smallest absolute Gasteiger partial charge is 0.143 e. The van der Waals surface area contributed by atoms with E-state index >= 15 is 0 Å². The van der Waals surface area contributed by atoms with Gasteiger partial charge >= 0.3 is 0 Å². The lowest BCUT2D eigenvalue weighted by Crippen LogP contribution is -2.42. The summed E-state index contributed by atoms with van der Waals surface area (Å²) in [5.74, 6) is 0.329. The predicted octanol–water partition coefficient (Wildman–Crippen LogP) is 3.88. The van der Waals surface area contributed by atoms with Gasteiger partial charge in [-0.1, -0.05) is 36.2 Å².